The molecule has 0 atom stereocenters. The van der Waals surface area contributed by atoms with Crippen molar-refractivity contribution in [2.45, 2.75) is 38.0 Å². The van der Waals surface area contributed by atoms with Gasteiger partial charge in [-0.15, -0.1) is 0 Å². The number of aryl methyl sites for hydroxylation is 1. The predicted octanol–water partition coefficient (Wildman–Crippen LogP) is 4.19. The molecule has 0 saturated carbocycles. The molecule has 3 aromatic rings. The van der Waals surface area contributed by atoms with E-state index in [0.29, 0.717) is 11.3 Å². The summed E-state index contributed by atoms with van der Waals surface area (Å²) in [5, 5.41) is 0. The summed E-state index contributed by atoms with van der Waals surface area (Å²) in [7, 11) is -4.19. The van der Waals surface area contributed by atoms with Gasteiger partial charge in [-0.1, -0.05) is 32.9 Å². The van der Waals surface area contributed by atoms with Crippen molar-refractivity contribution in [3.05, 3.63) is 77.2 Å². The third kappa shape index (κ3) is 4.91. The van der Waals surface area contributed by atoms with E-state index in [1.165, 1.54) is 42.5 Å². The number of rotatable bonds is 4. The zero-order chi connectivity index (χ0) is 23.0. The zero-order valence-electron chi connectivity index (χ0n) is 17.7. The van der Waals surface area contributed by atoms with Gasteiger partial charge in [0.15, 0.2) is 0 Å². The summed E-state index contributed by atoms with van der Waals surface area (Å²) in [6.07, 6.45) is 0. The molecule has 3 rings (SSSR count). The summed E-state index contributed by atoms with van der Waals surface area (Å²) < 4.78 is 42.1. The molecule has 0 radical (unpaired) electrons. The molecule has 0 spiro atoms. The van der Waals surface area contributed by atoms with Gasteiger partial charge in [-0.2, -0.15) is 0 Å². The number of halogens is 1. The second-order valence-electron chi connectivity index (χ2n) is 8.33. The van der Waals surface area contributed by atoms with Crippen molar-refractivity contribution < 1.29 is 17.6 Å². The normalized spacial score (nSPS) is 11.9. The molecule has 1 aromatic heterocycles. The molecule has 0 bridgehead atoms. The summed E-state index contributed by atoms with van der Waals surface area (Å²) in [5.74, 6) is -1.46. The molecule has 0 aliphatic carbocycles. The number of nitrogens with zero attached hydrogens (tertiary/aromatic N) is 1. The van der Waals surface area contributed by atoms with Crippen LogP contribution in [0.3, 0.4) is 0 Å². The van der Waals surface area contributed by atoms with Crippen LogP contribution in [-0.2, 0) is 15.4 Å². The Bertz CT molecular complexity index is 1270. The van der Waals surface area contributed by atoms with Crippen molar-refractivity contribution in [3.63, 3.8) is 0 Å². The van der Waals surface area contributed by atoms with Crippen LogP contribution in [0.5, 0.6) is 0 Å². The maximum Gasteiger partial charge on any atom is 0.267 e. The number of aromatic nitrogens is 1. The summed E-state index contributed by atoms with van der Waals surface area (Å²) in [5.41, 5.74) is 7.02. The molecular formula is C23H24FN3O3S. The van der Waals surface area contributed by atoms with Gasteiger partial charge in [0.05, 0.1) is 16.2 Å². The largest absolute Gasteiger partial charge is 0.399 e. The number of carbonyl (C=O) groups is 1. The fourth-order valence-corrected chi connectivity index (χ4v) is 4.02. The number of nitrogen functional groups attached to an aromatic ring is 1. The first-order chi connectivity index (χ1) is 14.4. The molecule has 1 heterocycles. The van der Waals surface area contributed by atoms with Crippen molar-refractivity contribution in [1.82, 2.24) is 9.71 Å². The van der Waals surface area contributed by atoms with E-state index in [2.05, 4.69) is 4.98 Å². The Kier molecular flexibility index (Phi) is 5.87. The van der Waals surface area contributed by atoms with Gasteiger partial charge in [0.25, 0.3) is 15.9 Å². The third-order valence-electron chi connectivity index (χ3n) is 4.68. The standard InChI is InChI=1S/C23H24FN3O3S/c1-14-8-9-17(19(24)12-14)21-18(10-11-20(26-21)23(2,3)4)22(28)27-31(29,30)16-7-5-6-15(25)13-16/h5-13H,25H2,1-4H3,(H,27,28). The quantitative estimate of drug-likeness (QED) is 0.591. The Morgan fingerprint density at radius 2 is 1.77 bits per heavy atom. The molecule has 2 aromatic carbocycles. The van der Waals surface area contributed by atoms with E-state index >= 15 is 0 Å². The van der Waals surface area contributed by atoms with Crippen molar-refractivity contribution in [2.24, 2.45) is 0 Å². The minimum Gasteiger partial charge on any atom is -0.399 e. The molecular weight excluding hydrogens is 417 g/mol. The minimum atomic E-state index is -4.19. The maximum atomic E-state index is 14.8. The summed E-state index contributed by atoms with van der Waals surface area (Å²) in [4.78, 5) is 17.3. The second-order valence-corrected chi connectivity index (χ2v) is 10.0. The summed E-state index contributed by atoms with van der Waals surface area (Å²) in [6.45, 7) is 7.56. The highest BCUT2D eigenvalue weighted by Gasteiger charge is 2.25. The lowest BCUT2D eigenvalue weighted by Crippen LogP contribution is -2.31. The van der Waals surface area contributed by atoms with E-state index in [-0.39, 0.29) is 32.8 Å². The maximum absolute atomic E-state index is 14.8. The lowest BCUT2D eigenvalue weighted by atomic mass is 9.90. The highest BCUT2D eigenvalue weighted by atomic mass is 32.2. The number of hydrogen-bond donors (Lipinski definition) is 2. The van der Waals surface area contributed by atoms with E-state index in [9.17, 15) is 17.6 Å². The third-order valence-corrected chi connectivity index (χ3v) is 6.01. The van der Waals surface area contributed by atoms with E-state index in [1.807, 2.05) is 25.5 Å². The second kappa shape index (κ2) is 8.11. The number of anilines is 1. The number of carbonyl (C=O) groups excluding carboxylic acids is 1. The molecule has 162 valence electrons. The van der Waals surface area contributed by atoms with Crippen LogP contribution in [0, 0.1) is 12.7 Å². The number of hydrogen-bond acceptors (Lipinski definition) is 5. The minimum absolute atomic E-state index is 0.0526. The number of sulfonamides is 1. The van der Waals surface area contributed by atoms with Gasteiger partial charge in [0.1, 0.15) is 5.82 Å². The predicted molar refractivity (Wildman–Crippen MR) is 119 cm³/mol. The number of pyridine rings is 1. The monoisotopic (exact) mass is 441 g/mol. The lowest BCUT2D eigenvalue weighted by molar-refractivity contribution is 0.0981. The molecule has 0 saturated heterocycles. The first-order valence-corrected chi connectivity index (χ1v) is 11.1. The highest BCUT2D eigenvalue weighted by Crippen LogP contribution is 2.29. The Morgan fingerprint density at radius 3 is 2.39 bits per heavy atom. The van der Waals surface area contributed by atoms with E-state index in [4.69, 9.17) is 5.73 Å². The highest BCUT2D eigenvalue weighted by molar-refractivity contribution is 7.90. The van der Waals surface area contributed by atoms with Gasteiger partial charge >= 0.3 is 0 Å². The fraction of sp³-hybridized carbons (Fsp3) is 0.217. The van der Waals surface area contributed by atoms with Crippen LogP contribution in [0.25, 0.3) is 11.3 Å². The van der Waals surface area contributed by atoms with Crippen molar-refractivity contribution in [1.29, 1.82) is 0 Å². The Morgan fingerprint density at radius 1 is 1.06 bits per heavy atom. The lowest BCUT2D eigenvalue weighted by Gasteiger charge is -2.20. The molecule has 0 fully saturated rings. The smallest absolute Gasteiger partial charge is 0.267 e. The summed E-state index contributed by atoms with van der Waals surface area (Å²) in [6, 6.07) is 13.3. The number of amides is 1. The molecule has 8 heteroatoms. The van der Waals surface area contributed by atoms with E-state index < -0.39 is 21.7 Å². The van der Waals surface area contributed by atoms with Crippen LogP contribution < -0.4 is 10.5 Å². The van der Waals surface area contributed by atoms with Gasteiger partial charge < -0.3 is 5.73 Å². The van der Waals surface area contributed by atoms with Gasteiger partial charge in [-0.25, -0.2) is 17.5 Å². The topological polar surface area (TPSA) is 102 Å². The number of benzene rings is 2. The molecule has 6 nitrogen and oxygen atoms in total. The van der Waals surface area contributed by atoms with Crippen LogP contribution >= 0.6 is 0 Å². The SMILES string of the molecule is Cc1ccc(-c2nc(C(C)(C)C)ccc2C(=O)NS(=O)(=O)c2cccc(N)c2)c(F)c1. The Labute approximate surface area is 181 Å². The Hall–Kier alpha value is -3.26. The first-order valence-electron chi connectivity index (χ1n) is 9.59. The molecule has 1 amide bonds. The average molecular weight is 442 g/mol. The van der Waals surface area contributed by atoms with Crippen LogP contribution in [0.2, 0.25) is 0 Å². The van der Waals surface area contributed by atoms with Gasteiger partial charge in [-0.3, -0.25) is 9.78 Å². The first kappa shape index (κ1) is 22.4. The molecule has 3 N–H and O–H groups in total. The molecule has 0 unspecified atom stereocenters. The number of nitrogens with one attached hydrogen (secondary N) is 1. The number of nitrogens with two attached hydrogens (primary N) is 1. The van der Waals surface area contributed by atoms with Crippen LogP contribution in [0.1, 0.15) is 42.4 Å². The molecule has 0 aliphatic heterocycles. The van der Waals surface area contributed by atoms with E-state index in [0.717, 1.165) is 0 Å². The van der Waals surface area contributed by atoms with E-state index in [1.54, 1.807) is 19.1 Å². The van der Waals surface area contributed by atoms with Crippen LogP contribution in [-0.4, -0.2) is 19.3 Å². The van der Waals surface area contributed by atoms with Crippen molar-refractivity contribution in [3.8, 4) is 11.3 Å². The van der Waals surface area contributed by atoms with Crippen LogP contribution in [0.15, 0.2) is 59.5 Å². The Balaban J connectivity index is 2.10. The zero-order valence-corrected chi connectivity index (χ0v) is 18.5. The summed E-state index contributed by atoms with van der Waals surface area (Å²) >= 11 is 0. The van der Waals surface area contributed by atoms with Crippen LogP contribution in [0.4, 0.5) is 10.1 Å². The van der Waals surface area contributed by atoms with Crippen molar-refractivity contribution in [2.75, 3.05) is 5.73 Å². The molecule has 31 heavy (non-hydrogen) atoms. The van der Waals surface area contributed by atoms with Gasteiger partial charge in [0, 0.05) is 22.4 Å². The van der Waals surface area contributed by atoms with Gasteiger partial charge in [-0.05, 0) is 55.0 Å². The van der Waals surface area contributed by atoms with Gasteiger partial charge in [0.2, 0.25) is 0 Å². The molecule has 0 aliphatic rings. The fourth-order valence-electron chi connectivity index (χ4n) is 3.00. The average Bonchev–Trinajstić information content (AvgIpc) is 2.66. The van der Waals surface area contributed by atoms with Crippen molar-refractivity contribution >= 4 is 21.6 Å².